The lowest BCUT2D eigenvalue weighted by Gasteiger charge is -2.37. The molecule has 68 valence electrons. The second kappa shape index (κ2) is 3.23. The molecule has 0 saturated heterocycles. The van der Waals surface area contributed by atoms with Crippen molar-refractivity contribution in [1.82, 2.24) is 0 Å². The second-order valence-electron chi connectivity index (χ2n) is 4.66. The van der Waals surface area contributed by atoms with Gasteiger partial charge in [-0.05, 0) is 10.8 Å². The minimum Gasteiger partial charge on any atom is -0.252 e. The maximum atomic E-state index is 10.8. The smallest absolute Gasteiger partial charge is 0.0893 e. The van der Waals surface area contributed by atoms with Crippen LogP contribution in [0.5, 0.6) is 0 Å². The largest absolute Gasteiger partial charge is 0.252 e. The first-order valence-corrected chi connectivity index (χ1v) is 5.18. The molecule has 1 unspecified atom stereocenters. The predicted molar refractivity (Wildman–Crippen MR) is 50.4 cm³/mol. The zero-order chi connectivity index (χ0) is 9.28. The Labute approximate surface area is 72.1 Å². The van der Waals surface area contributed by atoms with Crippen LogP contribution in [0.3, 0.4) is 0 Å². The van der Waals surface area contributed by atoms with Gasteiger partial charge in [0.05, 0.1) is 11.0 Å². The molecule has 0 rings (SSSR count). The van der Waals surface area contributed by atoms with Crippen molar-refractivity contribution >= 4 is 11.0 Å². The Morgan fingerprint density at radius 1 is 1.18 bits per heavy atom. The summed E-state index contributed by atoms with van der Waals surface area (Å²) in [5, 5.41) is 5.25. The van der Waals surface area contributed by atoms with Crippen LogP contribution in [0.15, 0.2) is 0 Å². The van der Waals surface area contributed by atoms with Gasteiger partial charge < -0.3 is 0 Å². The third-order valence-corrected chi connectivity index (χ3v) is 3.54. The summed E-state index contributed by atoms with van der Waals surface area (Å²) in [5.41, 5.74) is 0.189. The van der Waals surface area contributed by atoms with E-state index in [1.807, 2.05) is 0 Å². The summed E-state index contributed by atoms with van der Waals surface area (Å²) in [7, 11) is -1.18. The normalized spacial score (nSPS) is 16.5. The SMILES string of the molecule is CC(C)(C)C(C)(C)CS(N)=O. The molecule has 0 aliphatic heterocycles. The van der Waals surface area contributed by atoms with Crippen LogP contribution in [0.1, 0.15) is 34.6 Å². The monoisotopic (exact) mass is 177 g/mol. The van der Waals surface area contributed by atoms with Gasteiger partial charge in [0.25, 0.3) is 0 Å². The Hall–Kier alpha value is 0.110. The van der Waals surface area contributed by atoms with Crippen LogP contribution in [-0.2, 0) is 11.0 Å². The molecule has 0 aromatic rings. The molecule has 0 bridgehead atoms. The highest BCUT2D eigenvalue weighted by molar-refractivity contribution is 7.82. The zero-order valence-electron chi connectivity index (χ0n) is 8.10. The first-order chi connectivity index (χ1) is 4.67. The molecule has 0 spiro atoms. The molecule has 3 heteroatoms. The van der Waals surface area contributed by atoms with Crippen LogP contribution >= 0.6 is 0 Å². The van der Waals surface area contributed by atoms with E-state index in [0.29, 0.717) is 5.75 Å². The number of rotatable bonds is 2. The molecule has 2 nitrogen and oxygen atoms in total. The first-order valence-electron chi connectivity index (χ1n) is 3.79. The fraction of sp³-hybridized carbons (Fsp3) is 1.00. The van der Waals surface area contributed by atoms with Crippen molar-refractivity contribution in [3.8, 4) is 0 Å². The van der Waals surface area contributed by atoms with E-state index in [2.05, 4.69) is 34.6 Å². The van der Waals surface area contributed by atoms with E-state index in [9.17, 15) is 4.21 Å². The Morgan fingerprint density at radius 3 is 1.64 bits per heavy atom. The summed E-state index contributed by atoms with van der Waals surface area (Å²) in [5.74, 6) is 0.566. The Balaban J connectivity index is 4.34. The van der Waals surface area contributed by atoms with Gasteiger partial charge in [0.15, 0.2) is 0 Å². The van der Waals surface area contributed by atoms with Gasteiger partial charge in [-0.3, -0.25) is 5.14 Å². The molecule has 0 aromatic carbocycles. The van der Waals surface area contributed by atoms with E-state index in [-0.39, 0.29) is 10.8 Å². The third-order valence-electron chi connectivity index (χ3n) is 2.53. The van der Waals surface area contributed by atoms with Gasteiger partial charge in [0, 0.05) is 5.75 Å². The summed E-state index contributed by atoms with van der Waals surface area (Å²) in [6.07, 6.45) is 0. The van der Waals surface area contributed by atoms with E-state index in [1.54, 1.807) is 0 Å². The molecule has 0 aliphatic rings. The van der Waals surface area contributed by atoms with Gasteiger partial charge in [-0.2, -0.15) is 0 Å². The summed E-state index contributed by atoms with van der Waals surface area (Å²) >= 11 is 0. The summed E-state index contributed by atoms with van der Waals surface area (Å²) in [6.45, 7) is 10.6. The molecular weight excluding hydrogens is 158 g/mol. The van der Waals surface area contributed by atoms with Crippen LogP contribution in [-0.4, -0.2) is 9.96 Å². The van der Waals surface area contributed by atoms with Gasteiger partial charge in [-0.25, -0.2) is 4.21 Å². The van der Waals surface area contributed by atoms with Crippen LogP contribution in [0.4, 0.5) is 0 Å². The molecule has 0 aromatic heterocycles. The van der Waals surface area contributed by atoms with Gasteiger partial charge >= 0.3 is 0 Å². The number of nitrogens with two attached hydrogens (primary N) is 1. The minimum atomic E-state index is -1.18. The molecule has 11 heavy (non-hydrogen) atoms. The average Bonchev–Trinajstić information content (AvgIpc) is 1.56. The molecular formula is C8H19NOS. The average molecular weight is 177 g/mol. The molecule has 0 amide bonds. The van der Waals surface area contributed by atoms with E-state index < -0.39 is 11.0 Å². The van der Waals surface area contributed by atoms with Crippen molar-refractivity contribution in [3.05, 3.63) is 0 Å². The van der Waals surface area contributed by atoms with Crippen molar-refractivity contribution in [2.45, 2.75) is 34.6 Å². The van der Waals surface area contributed by atoms with Crippen LogP contribution in [0.2, 0.25) is 0 Å². The van der Waals surface area contributed by atoms with Crippen LogP contribution in [0, 0.1) is 10.8 Å². The van der Waals surface area contributed by atoms with E-state index >= 15 is 0 Å². The lowest BCUT2D eigenvalue weighted by molar-refractivity contribution is 0.161. The quantitative estimate of drug-likeness (QED) is 0.685. The van der Waals surface area contributed by atoms with Crippen molar-refractivity contribution in [2.24, 2.45) is 16.0 Å². The van der Waals surface area contributed by atoms with Crippen molar-refractivity contribution in [1.29, 1.82) is 0 Å². The second-order valence-corrected chi connectivity index (χ2v) is 5.71. The van der Waals surface area contributed by atoms with Crippen LogP contribution < -0.4 is 5.14 Å². The highest BCUT2D eigenvalue weighted by Gasteiger charge is 2.33. The maximum Gasteiger partial charge on any atom is 0.0893 e. The fourth-order valence-electron chi connectivity index (χ4n) is 0.572. The predicted octanol–water partition coefficient (Wildman–Crippen LogP) is 1.68. The summed E-state index contributed by atoms with van der Waals surface area (Å²) in [4.78, 5) is 0. The van der Waals surface area contributed by atoms with Gasteiger partial charge in [0.1, 0.15) is 0 Å². The minimum absolute atomic E-state index is 0.0343. The number of hydrogen-bond acceptors (Lipinski definition) is 1. The van der Waals surface area contributed by atoms with Crippen molar-refractivity contribution in [2.75, 3.05) is 5.75 Å². The maximum absolute atomic E-state index is 10.8. The standard InChI is InChI=1S/C8H19NOS/c1-7(2,3)8(4,5)6-11(9)10/h6,9H2,1-5H3. The molecule has 2 N–H and O–H groups in total. The molecule has 0 saturated carbocycles. The lowest BCUT2D eigenvalue weighted by Crippen LogP contribution is -2.36. The highest BCUT2D eigenvalue weighted by atomic mass is 32.2. The van der Waals surface area contributed by atoms with Gasteiger partial charge in [-0.1, -0.05) is 34.6 Å². The Bertz CT molecular complexity index is 158. The van der Waals surface area contributed by atoms with E-state index in [4.69, 9.17) is 5.14 Å². The molecule has 1 atom stereocenters. The third kappa shape index (κ3) is 3.34. The first kappa shape index (κ1) is 11.1. The molecule has 0 aliphatic carbocycles. The molecule has 0 radical (unpaired) electrons. The topological polar surface area (TPSA) is 43.1 Å². The lowest BCUT2D eigenvalue weighted by atomic mass is 9.71. The molecule has 0 heterocycles. The van der Waals surface area contributed by atoms with E-state index in [0.717, 1.165) is 0 Å². The zero-order valence-corrected chi connectivity index (χ0v) is 8.92. The fourth-order valence-corrected chi connectivity index (χ4v) is 1.72. The number of hydrogen-bond donors (Lipinski definition) is 1. The van der Waals surface area contributed by atoms with Gasteiger partial charge in [0.2, 0.25) is 0 Å². The van der Waals surface area contributed by atoms with Crippen molar-refractivity contribution < 1.29 is 4.21 Å². The van der Waals surface area contributed by atoms with Crippen LogP contribution in [0.25, 0.3) is 0 Å². The van der Waals surface area contributed by atoms with E-state index in [1.165, 1.54) is 0 Å². The highest BCUT2D eigenvalue weighted by Crippen LogP contribution is 2.37. The molecule has 0 fully saturated rings. The Morgan fingerprint density at radius 2 is 1.55 bits per heavy atom. The summed E-state index contributed by atoms with van der Waals surface area (Å²) < 4.78 is 10.8. The van der Waals surface area contributed by atoms with Gasteiger partial charge in [-0.15, -0.1) is 0 Å². The summed E-state index contributed by atoms with van der Waals surface area (Å²) in [6, 6.07) is 0. The Kier molecular flexibility index (Phi) is 3.27. The van der Waals surface area contributed by atoms with Crippen molar-refractivity contribution in [3.63, 3.8) is 0 Å².